The lowest BCUT2D eigenvalue weighted by molar-refractivity contribution is -0.113. The van der Waals surface area contributed by atoms with Crippen LogP contribution in [0.4, 0.5) is 11.4 Å². The van der Waals surface area contributed by atoms with E-state index in [0.717, 1.165) is 5.75 Å². The first-order valence-electron chi connectivity index (χ1n) is 6.48. The van der Waals surface area contributed by atoms with E-state index in [1.807, 2.05) is 0 Å². The van der Waals surface area contributed by atoms with Crippen molar-refractivity contribution >= 4 is 29.0 Å². The van der Waals surface area contributed by atoms with Gasteiger partial charge in [-0.2, -0.15) is 11.8 Å². The fraction of sp³-hybridized carbons (Fsp3) is 0.500. The Morgan fingerprint density at radius 3 is 2.84 bits per heavy atom. The summed E-state index contributed by atoms with van der Waals surface area (Å²) in [6.45, 7) is 2.17. The van der Waals surface area contributed by atoms with Crippen LogP contribution in [0, 0.1) is 0 Å². The van der Waals surface area contributed by atoms with Crippen LogP contribution in [0.2, 0.25) is 0 Å². The summed E-state index contributed by atoms with van der Waals surface area (Å²) in [6.07, 6.45) is 3.59. The molecule has 0 unspecified atom stereocenters. The van der Waals surface area contributed by atoms with E-state index in [1.54, 1.807) is 37.1 Å². The molecule has 0 spiro atoms. The third kappa shape index (κ3) is 5.87. The number of hydrogen-bond donors (Lipinski definition) is 2. The molecule has 19 heavy (non-hydrogen) atoms. The summed E-state index contributed by atoms with van der Waals surface area (Å²) in [4.78, 5) is 11.7. The summed E-state index contributed by atoms with van der Waals surface area (Å²) < 4.78 is 5.06. The van der Waals surface area contributed by atoms with Gasteiger partial charge in [0.25, 0.3) is 0 Å². The lowest BCUT2D eigenvalue weighted by atomic mass is 10.2. The maximum atomic E-state index is 11.7. The molecule has 5 heteroatoms. The number of carbonyl (C=O) groups is 1. The number of ether oxygens (including phenoxy) is 1. The van der Waals surface area contributed by atoms with Crippen LogP contribution in [0.1, 0.15) is 26.2 Å². The molecule has 0 fully saturated rings. The molecule has 0 aliphatic carbocycles. The summed E-state index contributed by atoms with van der Waals surface area (Å²) in [5.41, 5.74) is 6.99. The Morgan fingerprint density at radius 1 is 1.42 bits per heavy atom. The van der Waals surface area contributed by atoms with Crippen LogP contribution in [-0.2, 0) is 4.79 Å². The van der Waals surface area contributed by atoms with Crippen LogP contribution in [0.3, 0.4) is 0 Å². The molecule has 0 aromatic heterocycles. The molecule has 0 heterocycles. The first kappa shape index (κ1) is 15.7. The van der Waals surface area contributed by atoms with Gasteiger partial charge in [-0.15, -0.1) is 0 Å². The van der Waals surface area contributed by atoms with Crippen molar-refractivity contribution < 1.29 is 9.53 Å². The zero-order chi connectivity index (χ0) is 14.1. The van der Waals surface area contributed by atoms with E-state index in [2.05, 4.69) is 12.2 Å². The van der Waals surface area contributed by atoms with Crippen LogP contribution in [0.15, 0.2) is 18.2 Å². The molecule has 0 saturated heterocycles. The normalized spacial score (nSPS) is 10.2. The predicted octanol–water partition coefficient (Wildman–Crippen LogP) is 3.14. The molecule has 1 rings (SSSR count). The van der Waals surface area contributed by atoms with Crippen molar-refractivity contribution in [3.05, 3.63) is 18.2 Å². The van der Waals surface area contributed by atoms with Gasteiger partial charge in [-0.1, -0.05) is 19.8 Å². The molecule has 4 nitrogen and oxygen atoms in total. The van der Waals surface area contributed by atoms with Crippen LogP contribution in [0.25, 0.3) is 0 Å². The second-order valence-corrected chi connectivity index (χ2v) is 5.37. The van der Waals surface area contributed by atoms with Crippen LogP contribution >= 0.6 is 11.8 Å². The highest BCUT2D eigenvalue weighted by Crippen LogP contribution is 2.24. The third-order valence-electron chi connectivity index (χ3n) is 2.66. The molecular weight excluding hydrogens is 260 g/mol. The minimum atomic E-state index is -0.0154. The summed E-state index contributed by atoms with van der Waals surface area (Å²) in [6, 6.07) is 5.23. The molecule has 1 aromatic carbocycles. The second kappa shape index (κ2) is 8.69. The molecule has 0 saturated carbocycles. The molecule has 0 radical (unpaired) electrons. The molecule has 3 N–H and O–H groups in total. The van der Waals surface area contributed by atoms with E-state index >= 15 is 0 Å². The van der Waals surface area contributed by atoms with E-state index < -0.39 is 0 Å². The van der Waals surface area contributed by atoms with Crippen molar-refractivity contribution in [1.82, 2.24) is 0 Å². The van der Waals surface area contributed by atoms with Crippen LogP contribution < -0.4 is 15.8 Å². The second-order valence-electron chi connectivity index (χ2n) is 4.26. The summed E-state index contributed by atoms with van der Waals surface area (Å²) in [7, 11) is 1.58. The number of anilines is 2. The van der Waals surface area contributed by atoms with E-state index in [1.165, 1.54) is 19.3 Å². The standard InChI is InChI=1S/C14H22N2O2S/c1-3-4-5-8-19-10-14(17)16-13-7-6-11(18-2)9-12(13)15/h6-7,9H,3-5,8,10,15H2,1-2H3,(H,16,17). The topological polar surface area (TPSA) is 64.3 Å². The molecule has 0 aliphatic rings. The molecular formula is C14H22N2O2S. The highest BCUT2D eigenvalue weighted by Gasteiger charge is 2.06. The first-order valence-corrected chi connectivity index (χ1v) is 7.64. The summed E-state index contributed by atoms with van der Waals surface area (Å²) in [5, 5.41) is 2.81. The van der Waals surface area contributed by atoms with Crippen molar-refractivity contribution in [2.45, 2.75) is 26.2 Å². The minimum Gasteiger partial charge on any atom is -0.497 e. The smallest absolute Gasteiger partial charge is 0.234 e. The zero-order valence-corrected chi connectivity index (χ0v) is 12.4. The number of nitrogens with two attached hydrogens (primary N) is 1. The highest BCUT2D eigenvalue weighted by atomic mass is 32.2. The van der Waals surface area contributed by atoms with Gasteiger partial charge in [0.2, 0.25) is 5.91 Å². The summed E-state index contributed by atoms with van der Waals surface area (Å²) >= 11 is 1.66. The highest BCUT2D eigenvalue weighted by molar-refractivity contribution is 7.99. The van der Waals surface area contributed by atoms with Crippen LogP contribution in [-0.4, -0.2) is 24.5 Å². The van der Waals surface area contributed by atoms with E-state index in [0.29, 0.717) is 22.9 Å². The third-order valence-corrected chi connectivity index (χ3v) is 3.70. The predicted molar refractivity (Wildman–Crippen MR) is 82.9 cm³/mol. The lowest BCUT2D eigenvalue weighted by Crippen LogP contribution is -2.15. The Kier molecular flexibility index (Phi) is 7.18. The van der Waals surface area contributed by atoms with Crippen molar-refractivity contribution in [3.63, 3.8) is 0 Å². The van der Waals surface area contributed by atoms with Gasteiger partial charge in [-0.25, -0.2) is 0 Å². The number of rotatable bonds is 8. The molecule has 1 aromatic rings. The monoisotopic (exact) mass is 282 g/mol. The molecule has 0 atom stereocenters. The number of hydrogen-bond acceptors (Lipinski definition) is 4. The Morgan fingerprint density at radius 2 is 2.21 bits per heavy atom. The zero-order valence-electron chi connectivity index (χ0n) is 11.6. The fourth-order valence-electron chi connectivity index (χ4n) is 1.59. The van der Waals surface area contributed by atoms with Gasteiger partial charge in [0, 0.05) is 6.07 Å². The van der Waals surface area contributed by atoms with Gasteiger partial charge in [0.05, 0.1) is 24.2 Å². The summed E-state index contributed by atoms with van der Waals surface area (Å²) in [5.74, 6) is 2.16. The maximum Gasteiger partial charge on any atom is 0.234 e. The number of methoxy groups -OCH3 is 1. The number of carbonyl (C=O) groups excluding carboxylic acids is 1. The van der Waals surface area contributed by atoms with Gasteiger partial charge in [-0.3, -0.25) is 4.79 Å². The average molecular weight is 282 g/mol. The van der Waals surface area contributed by atoms with Crippen molar-refractivity contribution in [3.8, 4) is 5.75 Å². The number of nitrogen functional groups attached to an aromatic ring is 1. The van der Waals surface area contributed by atoms with E-state index in [9.17, 15) is 4.79 Å². The minimum absolute atomic E-state index is 0.0154. The fourth-order valence-corrected chi connectivity index (χ4v) is 2.40. The average Bonchev–Trinajstić information content (AvgIpc) is 2.41. The van der Waals surface area contributed by atoms with Gasteiger partial charge in [0.15, 0.2) is 0 Å². The van der Waals surface area contributed by atoms with Crippen molar-refractivity contribution in [2.24, 2.45) is 0 Å². The van der Waals surface area contributed by atoms with E-state index in [-0.39, 0.29) is 5.91 Å². The van der Waals surface area contributed by atoms with E-state index in [4.69, 9.17) is 10.5 Å². The molecule has 1 amide bonds. The molecule has 106 valence electrons. The lowest BCUT2D eigenvalue weighted by Gasteiger charge is -2.09. The van der Waals surface area contributed by atoms with Crippen molar-refractivity contribution in [1.29, 1.82) is 0 Å². The number of unbranched alkanes of at least 4 members (excludes halogenated alkanes) is 2. The van der Waals surface area contributed by atoms with Gasteiger partial charge >= 0.3 is 0 Å². The quantitative estimate of drug-likeness (QED) is 0.568. The Balaban J connectivity index is 2.36. The maximum absolute atomic E-state index is 11.7. The van der Waals surface area contributed by atoms with Crippen molar-refractivity contribution in [2.75, 3.05) is 29.7 Å². The van der Waals surface area contributed by atoms with Gasteiger partial charge in [-0.05, 0) is 24.3 Å². The van der Waals surface area contributed by atoms with Crippen LogP contribution in [0.5, 0.6) is 5.75 Å². The Hall–Kier alpha value is -1.36. The van der Waals surface area contributed by atoms with Gasteiger partial charge < -0.3 is 15.8 Å². The molecule has 0 aliphatic heterocycles. The Bertz CT molecular complexity index is 410. The first-order chi connectivity index (χ1) is 9.17. The Labute approximate surface area is 119 Å². The van der Waals surface area contributed by atoms with Gasteiger partial charge in [0.1, 0.15) is 5.75 Å². The number of nitrogens with one attached hydrogen (secondary N) is 1. The largest absolute Gasteiger partial charge is 0.497 e. The number of amides is 1. The number of thioether (sulfide) groups is 1. The SMILES string of the molecule is CCCCCSCC(=O)Nc1ccc(OC)cc1N. The number of benzene rings is 1. The molecule has 0 bridgehead atoms.